The van der Waals surface area contributed by atoms with Crippen LogP contribution in [-0.4, -0.2) is 56.6 Å². The molecule has 1 aliphatic heterocycles. The largest absolute Gasteiger partial charge is 0.459 e. The maximum Gasteiger partial charge on any atom is 0.338 e. The smallest absolute Gasteiger partial charge is 0.338 e. The van der Waals surface area contributed by atoms with Crippen molar-refractivity contribution in [3.63, 3.8) is 0 Å². The third kappa shape index (κ3) is 3.72. The molecule has 27 heavy (non-hydrogen) atoms. The fourth-order valence-electron chi connectivity index (χ4n) is 2.71. The van der Waals surface area contributed by atoms with Gasteiger partial charge in [-0.15, -0.1) is 0 Å². The lowest BCUT2D eigenvalue weighted by Gasteiger charge is -2.17. The van der Waals surface area contributed by atoms with Crippen LogP contribution in [0.3, 0.4) is 0 Å². The fourth-order valence-corrected chi connectivity index (χ4v) is 2.71. The van der Waals surface area contributed by atoms with E-state index in [-0.39, 0.29) is 6.61 Å². The number of hydrogen-bond donors (Lipinski definition) is 3. The summed E-state index contributed by atoms with van der Waals surface area (Å²) in [7, 11) is 0. The van der Waals surface area contributed by atoms with Crippen LogP contribution in [0.25, 0.3) is 0 Å². The van der Waals surface area contributed by atoms with Gasteiger partial charge in [0.15, 0.2) is 11.9 Å². The summed E-state index contributed by atoms with van der Waals surface area (Å²) in [5.74, 6) is -1.66. The van der Waals surface area contributed by atoms with E-state index in [9.17, 15) is 24.6 Å². The first kappa shape index (κ1) is 18.7. The van der Waals surface area contributed by atoms with Crippen LogP contribution in [0.1, 0.15) is 27.1 Å². The van der Waals surface area contributed by atoms with Crippen molar-refractivity contribution in [2.24, 2.45) is 5.73 Å². The number of nitrogens with two attached hydrogens (primary N) is 1. The second kappa shape index (κ2) is 7.66. The molecular formula is C17H17N3O7. The summed E-state index contributed by atoms with van der Waals surface area (Å²) in [5.41, 5.74) is 4.00. The van der Waals surface area contributed by atoms with Crippen LogP contribution in [0, 0.1) is 0 Å². The van der Waals surface area contributed by atoms with Crippen molar-refractivity contribution in [2.75, 3.05) is 6.61 Å². The molecule has 1 amide bonds. The molecule has 1 aromatic carbocycles. The van der Waals surface area contributed by atoms with Crippen LogP contribution in [0.2, 0.25) is 0 Å². The number of ether oxygens (including phenoxy) is 2. The summed E-state index contributed by atoms with van der Waals surface area (Å²) >= 11 is 0. The van der Waals surface area contributed by atoms with E-state index in [4.69, 9.17) is 15.2 Å². The Balaban J connectivity index is 1.73. The number of rotatable bonds is 5. The number of primary amides is 1. The third-order valence-electron chi connectivity index (χ3n) is 4.10. The Morgan fingerprint density at radius 3 is 2.59 bits per heavy atom. The quantitative estimate of drug-likeness (QED) is 0.552. The Morgan fingerprint density at radius 1 is 1.22 bits per heavy atom. The van der Waals surface area contributed by atoms with Crippen molar-refractivity contribution in [3.8, 4) is 0 Å². The van der Waals surface area contributed by atoms with E-state index in [1.54, 1.807) is 30.3 Å². The second-order valence-electron chi connectivity index (χ2n) is 5.86. The number of aromatic nitrogens is 2. The highest BCUT2D eigenvalue weighted by molar-refractivity contribution is 5.90. The van der Waals surface area contributed by atoms with Gasteiger partial charge in [-0.25, -0.2) is 9.78 Å². The Kier molecular flexibility index (Phi) is 5.31. The zero-order valence-electron chi connectivity index (χ0n) is 14.0. The minimum Gasteiger partial charge on any atom is -0.459 e. The van der Waals surface area contributed by atoms with E-state index in [1.807, 2.05) is 0 Å². The zero-order chi connectivity index (χ0) is 19.6. The molecule has 1 fully saturated rings. The standard InChI is InChI=1S/C17H17N3O7/c18-14(23)11-15(24)20(7-6-19-11)16-13(22)12(21)10(27-16)8-26-17(25)9-4-2-1-3-5-9/h1-7,10,12-13,16,21-22H,8H2,(H2,18,23)/t10-,12-,13-,16-/m1/s1. The topological polar surface area (TPSA) is 154 Å². The van der Waals surface area contributed by atoms with Gasteiger partial charge in [-0.2, -0.15) is 0 Å². The fraction of sp³-hybridized carbons (Fsp3) is 0.294. The predicted molar refractivity (Wildman–Crippen MR) is 89.7 cm³/mol. The van der Waals surface area contributed by atoms with Gasteiger partial charge < -0.3 is 25.4 Å². The molecule has 2 heterocycles. The van der Waals surface area contributed by atoms with Crippen LogP contribution < -0.4 is 11.3 Å². The van der Waals surface area contributed by atoms with Crippen molar-refractivity contribution in [2.45, 2.75) is 24.5 Å². The van der Waals surface area contributed by atoms with Crippen molar-refractivity contribution in [1.82, 2.24) is 9.55 Å². The molecule has 0 bridgehead atoms. The van der Waals surface area contributed by atoms with Crippen LogP contribution in [0.4, 0.5) is 0 Å². The van der Waals surface area contributed by atoms with Crippen LogP contribution in [-0.2, 0) is 9.47 Å². The molecule has 0 spiro atoms. The molecule has 1 aliphatic rings. The van der Waals surface area contributed by atoms with E-state index in [1.165, 1.54) is 6.20 Å². The van der Waals surface area contributed by atoms with E-state index < -0.39 is 47.7 Å². The van der Waals surface area contributed by atoms with Crippen molar-refractivity contribution in [1.29, 1.82) is 0 Å². The van der Waals surface area contributed by atoms with E-state index >= 15 is 0 Å². The summed E-state index contributed by atoms with van der Waals surface area (Å²) in [6.07, 6.45) is -2.95. The van der Waals surface area contributed by atoms with Crippen molar-refractivity contribution >= 4 is 11.9 Å². The number of benzene rings is 1. The average molecular weight is 375 g/mol. The molecule has 142 valence electrons. The number of carbonyl (C=O) groups is 2. The van der Waals surface area contributed by atoms with Gasteiger partial charge in [-0.1, -0.05) is 18.2 Å². The number of aliphatic hydroxyl groups is 2. The highest BCUT2D eigenvalue weighted by atomic mass is 16.6. The summed E-state index contributed by atoms with van der Waals surface area (Å²) < 4.78 is 11.5. The number of nitrogens with zero attached hydrogens (tertiary/aromatic N) is 2. The molecule has 1 aromatic heterocycles. The molecule has 3 rings (SSSR count). The normalized spacial score (nSPS) is 24.5. The maximum absolute atomic E-state index is 12.2. The molecule has 10 heteroatoms. The number of carbonyl (C=O) groups excluding carboxylic acids is 2. The molecule has 0 saturated carbocycles. The highest BCUT2D eigenvalue weighted by Gasteiger charge is 2.44. The Bertz CT molecular complexity index is 899. The van der Waals surface area contributed by atoms with E-state index in [0.29, 0.717) is 5.56 Å². The molecule has 10 nitrogen and oxygen atoms in total. The van der Waals surface area contributed by atoms with Gasteiger partial charge in [0.2, 0.25) is 0 Å². The van der Waals surface area contributed by atoms with Crippen molar-refractivity contribution in [3.05, 3.63) is 64.3 Å². The lowest BCUT2D eigenvalue weighted by atomic mass is 10.1. The lowest BCUT2D eigenvalue weighted by Crippen LogP contribution is -2.38. The lowest BCUT2D eigenvalue weighted by molar-refractivity contribution is -0.0595. The minimum atomic E-state index is -1.49. The first-order valence-electron chi connectivity index (χ1n) is 8.01. The molecular weight excluding hydrogens is 358 g/mol. The average Bonchev–Trinajstić information content (AvgIpc) is 2.95. The van der Waals surface area contributed by atoms with Gasteiger partial charge in [0.1, 0.15) is 24.9 Å². The summed E-state index contributed by atoms with van der Waals surface area (Å²) in [5, 5.41) is 20.4. The third-order valence-corrected chi connectivity index (χ3v) is 4.10. The minimum absolute atomic E-state index is 0.318. The monoisotopic (exact) mass is 375 g/mol. The maximum atomic E-state index is 12.2. The predicted octanol–water partition coefficient (Wildman–Crippen LogP) is -1.18. The summed E-state index contributed by atoms with van der Waals surface area (Å²) in [6, 6.07) is 8.21. The summed E-state index contributed by atoms with van der Waals surface area (Å²) in [6.45, 7) is -0.342. The van der Waals surface area contributed by atoms with Gasteiger partial charge in [0.25, 0.3) is 11.5 Å². The van der Waals surface area contributed by atoms with E-state index in [0.717, 1.165) is 10.8 Å². The zero-order valence-corrected chi connectivity index (χ0v) is 14.0. The van der Waals surface area contributed by atoms with Gasteiger partial charge in [0, 0.05) is 12.4 Å². The first-order chi connectivity index (χ1) is 12.9. The van der Waals surface area contributed by atoms with Crippen LogP contribution in [0.5, 0.6) is 0 Å². The molecule has 4 atom stereocenters. The highest BCUT2D eigenvalue weighted by Crippen LogP contribution is 2.28. The SMILES string of the molecule is NC(=O)c1nccn([C@@H]2O[C@H](COC(=O)c3ccccc3)[C@@H](O)[C@H]2O)c1=O. The Hall–Kier alpha value is -3.08. The number of hydrogen-bond acceptors (Lipinski definition) is 8. The number of aliphatic hydroxyl groups excluding tert-OH is 2. The van der Waals surface area contributed by atoms with Crippen LogP contribution in [0.15, 0.2) is 47.5 Å². The molecule has 4 N–H and O–H groups in total. The molecule has 0 aliphatic carbocycles. The van der Waals surface area contributed by atoms with E-state index in [2.05, 4.69) is 4.98 Å². The van der Waals surface area contributed by atoms with Gasteiger partial charge in [0.05, 0.1) is 5.56 Å². The van der Waals surface area contributed by atoms with Gasteiger partial charge in [-0.3, -0.25) is 14.2 Å². The Morgan fingerprint density at radius 2 is 1.93 bits per heavy atom. The Labute approximate surface area is 152 Å². The number of esters is 1. The van der Waals surface area contributed by atoms with Crippen molar-refractivity contribution < 1.29 is 29.3 Å². The molecule has 2 aromatic rings. The molecule has 0 unspecified atom stereocenters. The first-order valence-corrected chi connectivity index (χ1v) is 8.01. The van der Waals surface area contributed by atoms with Crippen LogP contribution >= 0.6 is 0 Å². The van der Waals surface area contributed by atoms with Gasteiger partial charge >= 0.3 is 5.97 Å². The molecule has 0 radical (unpaired) electrons. The number of amides is 1. The summed E-state index contributed by atoms with van der Waals surface area (Å²) in [4.78, 5) is 39.1. The van der Waals surface area contributed by atoms with Gasteiger partial charge in [-0.05, 0) is 12.1 Å². The second-order valence-corrected chi connectivity index (χ2v) is 5.86. The molecule has 1 saturated heterocycles.